The molecule has 2 aliphatic rings. The van der Waals surface area contributed by atoms with Gasteiger partial charge in [0.1, 0.15) is 28.0 Å². The van der Waals surface area contributed by atoms with Crippen molar-refractivity contribution in [1.29, 1.82) is 0 Å². The Bertz CT molecular complexity index is 1570. The molecule has 40 heavy (non-hydrogen) atoms. The second-order valence-electron chi connectivity index (χ2n) is 10.1. The van der Waals surface area contributed by atoms with E-state index in [0.717, 1.165) is 35.7 Å². The van der Waals surface area contributed by atoms with Crippen molar-refractivity contribution in [3.63, 3.8) is 0 Å². The van der Waals surface area contributed by atoms with Crippen LogP contribution in [-0.2, 0) is 33.8 Å². The van der Waals surface area contributed by atoms with Crippen molar-refractivity contribution in [2.75, 3.05) is 18.6 Å². The molecule has 0 spiro atoms. The van der Waals surface area contributed by atoms with E-state index < -0.39 is 33.4 Å². The summed E-state index contributed by atoms with van der Waals surface area (Å²) >= 11 is 0. The first-order chi connectivity index (χ1) is 18.8. The third-order valence-corrected chi connectivity index (χ3v) is 8.26. The van der Waals surface area contributed by atoms with Crippen LogP contribution in [0.2, 0.25) is 0 Å². The Morgan fingerprint density at radius 1 is 1.12 bits per heavy atom. The topological polar surface area (TPSA) is 103 Å². The number of aliphatic carboxylic acids is 1. The van der Waals surface area contributed by atoms with Gasteiger partial charge in [-0.15, -0.1) is 0 Å². The third kappa shape index (κ3) is 5.91. The Morgan fingerprint density at radius 3 is 2.60 bits per heavy atom. The van der Waals surface area contributed by atoms with Gasteiger partial charge >= 0.3 is 12.1 Å². The number of carboxylic acids is 1. The Labute approximate surface area is 227 Å². The predicted molar refractivity (Wildman–Crippen MR) is 136 cm³/mol. The molecule has 1 N–H and O–H groups in total. The Morgan fingerprint density at radius 2 is 1.90 bits per heavy atom. The number of carbonyl (C=O) groups is 1. The van der Waals surface area contributed by atoms with Crippen LogP contribution >= 0.6 is 0 Å². The highest BCUT2D eigenvalue weighted by Crippen LogP contribution is 2.61. The summed E-state index contributed by atoms with van der Waals surface area (Å²) in [5.74, 6) is -1.74. The molecule has 1 fully saturated rings. The van der Waals surface area contributed by atoms with Gasteiger partial charge in [-0.2, -0.15) is 13.2 Å². The van der Waals surface area contributed by atoms with Crippen molar-refractivity contribution in [2.45, 2.75) is 31.5 Å². The summed E-state index contributed by atoms with van der Waals surface area (Å²) in [7, 11) is -3.23. The van der Waals surface area contributed by atoms with Crippen LogP contribution in [0.5, 0.6) is 11.6 Å². The van der Waals surface area contributed by atoms with Gasteiger partial charge in [-0.3, -0.25) is 4.79 Å². The third-order valence-electron chi connectivity index (χ3n) is 7.23. The number of hydrogen-bond acceptors (Lipinski definition) is 6. The zero-order chi connectivity index (χ0) is 28.8. The van der Waals surface area contributed by atoms with Crippen LogP contribution in [0.4, 0.5) is 17.6 Å². The van der Waals surface area contributed by atoms with Gasteiger partial charge in [0.05, 0.1) is 23.8 Å². The van der Waals surface area contributed by atoms with Crippen molar-refractivity contribution in [1.82, 2.24) is 4.98 Å². The molecule has 0 unspecified atom stereocenters. The van der Waals surface area contributed by atoms with Crippen molar-refractivity contribution in [3.8, 4) is 22.8 Å². The lowest BCUT2D eigenvalue weighted by Gasteiger charge is -2.16. The molecule has 3 aromatic rings. The normalized spacial score (nSPS) is 19.6. The van der Waals surface area contributed by atoms with Crippen molar-refractivity contribution in [2.24, 2.45) is 11.8 Å². The minimum absolute atomic E-state index is 0.0105. The average molecular weight is 580 g/mol. The number of alkyl halides is 3. The van der Waals surface area contributed by atoms with Gasteiger partial charge in [0.15, 0.2) is 0 Å². The second-order valence-corrected chi connectivity index (χ2v) is 12.4. The highest BCUT2D eigenvalue weighted by atomic mass is 32.2. The number of rotatable bonds is 10. The molecule has 2 aromatic carbocycles. The SMILES string of the molecule is CS(=O)(=O)CCCOc1cc(C(F)(F)F)c(-c2ccc(F)c(COc3ccc4c(c3)C[C@H]3[C@H](C(=O)O)[C@@H]43)c2)cn1. The molecule has 12 heteroatoms. The van der Waals surface area contributed by atoms with Crippen LogP contribution in [0, 0.1) is 17.7 Å². The number of hydrogen-bond donors (Lipinski definition) is 1. The van der Waals surface area contributed by atoms with Gasteiger partial charge in [0.25, 0.3) is 0 Å². The van der Waals surface area contributed by atoms with Gasteiger partial charge in [-0.1, -0.05) is 12.1 Å². The van der Waals surface area contributed by atoms with Gasteiger partial charge < -0.3 is 14.6 Å². The number of halogens is 4. The van der Waals surface area contributed by atoms with Gasteiger partial charge in [0, 0.05) is 35.6 Å². The molecular weight excluding hydrogens is 554 g/mol. The summed E-state index contributed by atoms with van der Waals surface area (Å²) in [4.78, 5) is 15.2. The average Bonchev–Trinajstić information content (AvgIpc) is 3.47. The van der Waals surface area contributed by atoms with Gasteiger partial charge in [-0.05, 0) is 59.7 Å². The molecule has 0 bridgehead atoms. The number of ether oxygens (including phenoxy) is 2. The molecule has 1 heterocycles. The summed E-state index contributed by atoms with van der Waals surface area (Å²) < 4.78 is 89.8. The first-order valence-electron chi connectivity index (χ1n) is 12.5. The quantitative estimate of drug-likeness (QED) is 0.258. The van der Waals surface area contributed by atoms with E-state index in [-0.39, 0.29) is 65.7 Å². The van der Waals surface area contributed by atoms with Crippen molar-refractivity contribution in [3.05, 3.63) is 76.7 Å². The van der Waals surface area contributed by atoms with Crippen molar-refractivity contribution < 1.29 is 45.4 Å². The smallest absolute Gasteiger partial charge is 0.417 e. The largest absolute Gasteiger partial charge is 0.489 e. The van der Waals surface area contributed by atoms with E-state index in [0.29, 0.717) is 12.2 Å². The number of aromatic nitrogens is 1. The monoisotopic (exact) mass is 579 g/mol. The molecule has 3 atom stereocenters. The zero-order valence-electron chi connectivity index (χ0n) is 21.2. The van der Waals surface area contributed by atoms with E-state index in [1.807, 2.05) is 6.07 Å². The number of fused-ring (bicyclic) bond motifs is 3. The molecule has 7 nitrogen and oxygen atoms in total. The van der Waals surface area contributed by atoms with Crippen LogP contribution in [0.1, 0.15) is 34.6 Å². The fourth-order valence-corrected chi connectivity index (χ4v) is 5.95. The Kier molecular flexibility index (Phi) is 7.24. The van der Waals surface area contributed by atoms with Gasteiger partial charge in [0.2, 0.25) is 5.88 Å². The summed E-state index contributed by atoms with van der Waals surface area (Å²) in [6, 6.07) is 9.58. The lowest BCUT2D eigenvalue weighted by atomic mass is 9.99. The van der Waals surface area contributed by atoms with Crippen LogP contribution in [0.3, 0.4) is 0 Å². The predicted octanol–water partition coefficient (Wildman–Crippen LogP) is 5.27. The maximum absolute atomic E-state index is 14.6. The highest BCUT2D eigenvalue weighted by Gasteiger charge is 2.59. The van der Waals surface area contributed by atoms with Crippen LogP contribution in [0.25, 0.3) is 11.1 Å². The van der Waals surface area contributed by atoms with Crippen LogP contribution in [-0.4, -0.2) is 43.1 Å². The van der Waals surface area contributed by atoms with E-state index in [4.69, 9.17) is 9.47 Å². The molecular formula is C28H25F4NO6S. The minimum atomic E-state index is -4.76. The van der Waals surface area contributed by atoms with E-state index in [9.17, 15) is 35.9 Å². The van der Waals surface area contributed by atoms with E-state index in [2.05, 4.69) is 4.98 Å². The van der Waals surface area contributed by atoms with Gasteiger partial charge in [-0.25, -0.2) is 17.8 Å². The molecule has 2 aliphatic carbocycles. The Balaban J connectivity index is 1.31. The fraction of sp³-hybridized carbons (Fsp3) is 0.357. The van der Waals surface area contributed by atoms with E-state index in [1.165, 1.54) is 12.1 Å². The molecule has 0 radical (unpaired) electrons. The zero-order valence-corrected chi connectivity index (χ0v) is 22.1. The van der Waals surface area contributed by atoms with Crippen molar-refractivity contribution >= 4 is 15.8 Å². The highest BCUT2D eigenvalue weighted by molar-refractivity contribution is 7.90. The molecule has 0 amide bonds. The lowest BCUT2D eigenvalue weighted by Crippen LogP contribution is -2.11. The minimum Gasteiger partial charge on any atom is -0.489 e. The molecule has 0 saturated heterocycles. The number of pyridine rings is 1. The molecule has 1 saturated carbocycles. The number of sulfone groups is 1. The second kappa shape index (κ2) is 10.4. The number of benzene rings is 2. The molecule has 1 aromatic heterocycles. The lowest BCUT2D eigenvalue weighted by molar-refractivity contribution is -0.139. The maximum atomic E-state index is 14.6. The molecule has 0 aliphatic heterocycles. The summed E-state index contributed by atoms with van der Waals surface area (Å²) in [5, 5.41) is 9.27. The molecule has 5 rings (SSSR count). The first kappa shape index (κ1) is 27.9. The Hall–Kier alpha value is -3.67. The summed E-state index contributed by atoms with van der Waals surface area (Å²) in [6.45, 7) is -0.363. The van der Waals surface area contributed by atoms with E-state index in [1.54, 1.807) is 12.1 Å². The standard InChI is InChI=1S/C28H25F4NO6S/c1-40(36,37)8-2-7-38-24-12-22(28(30,31)32)21(13-33-24)15-3-6-23(29)17(9-15)14-39-18-4-5-19-16(10-18)11-20-25(19)26(20)27(34)35/h3-6,9-10,12-13,20,25-26H,2,7-8,11,14H2,1H3,(H,34,35)/t20-,25+,26+/m1/s1. The number of carboxylic acid groups (broad SMARTS) is 1. The first-order valence-corrected chi connectivity index (χ1v) is 14.5. The summed E-state index contributed by atoms with van der Waals surface area (Å²) in [6.07, 6.45) is -2.00. The van der Waals surface area contributed by atoms with E-state index >= 15 is 0 Å². The molecule has 212 valence electrons. The fourth-order valence-electron chi connectivity index (χ4n) is 5.31. The summed E-state index contributed by atoms with van der Waals surface area (Å²) in [5.41, 5.74) is 0.780. The number of nitrogens with zero attached hydrogens (tertiary/aromatic N) is 1. The van der Waals surface area contributed by atoms with Crippen LogP contribution in [0.15, 0.2) is 48.7 Å². The maximum Gasteiger partial charge on any atom is 0.417 e. The van der Waals surface area contributed by atoms with Crippen LogP contribution < -0.4 is 9.47 Å².